The van der Waals surface area contributed by atoms with Crippen LogP contribution < -0.4 is 5.32 Å². The molecule has 0 saturated carbocycles. The van der Waals surface area contributed by atoms with Crippen LogP contribution in [0, 0.1) is 0 Å². The number of aliphatic hydroxyl groups is 2. The van der Waals surface area contributed by atoms with Crippen molar-refractivity contribution in [3.63, 3.8) is 0 Å². The standard InChI is InChI=1S/C17H19NO2/c19-10-14(11-20)18-17-15-7-3-1-5-12(15)9-13-6-2-4-8-16(13)17/h1-8,14,17-20H,9-11H2. The van der Waals surface area contributed by atoms with E-state index in [-0.39, 0.29) is 25.3 Å². The van der Waals surface area contributed by atoms with E-state index in [2.05, 4.69) is 41.7 Å². The lowest BCUT2D eigenvalue weighted by molar-refractivity contribution is 0.165. The normalized spacial score (nSPS) is 14.2. The Bertz CT molecular complexity index is 548. The molecule has 3 heteroatoms. The average Bonchev–Trinajstić information content (AvgIpc) is 2.51. The highest BCUT2D eigenvalue weighted by Crippen LogP contribution is 2.34. The molecular formula is C17H19NO2. The van der Waals surface area contributed by atoms with Gasteiger partial charge < -0.3 is 10.2 Å². The zero-order chi connectivity index (χ0) is 13.9. The summed E-state index contributed by atoms with van der Waals surface area (Å²) in [6, 6.07) is 16.4. The van der Waals surface area contributed by atoms with Crippen molar-refractivity contribution in [3.05, 3.63) is 70.8 Å². The highest BCUT2D eigenvalue weighted by Gasteiger charge is 2.26. The molecule has 0 atom stereocenters. The molecule has 0 aliphatic heterocycles. The van der Waals surface area contributed by atoms with Gasteiger partial charge >= 0.3 is 0 Å². The molecule has 0 bridgehead atoms. The maximum absolute atomic E-state index is 9.33. The van der Waals surface area contributed by atoms with Crippen LogP contribution in [-0.2, 0) is 6.42 Å². The maximum atomic E-state index is 9.33. The summed E-state index contributed by atoms with van der Waals surface area (Å²) in [7, 11) is 0. The molecule has 0 fully saturated rings. The van der Waals surface area contributed by atoms with E-state index in [1.807, 2.05) is 12.1 Å². The van der Waals surface area contributed by atoms with E-state index in [4.69, 9.17) is 0 Å². The van der Waals surface area contributed by atoms with Crippen LogP contribution in [0.15, 0.2) is 48.5 Å². The van der Waals surface area contributed by atoms with E-state index in [0.717, 1.165) is 6.42 Å². The highest BCUT2D eigenvalue weighted by molar-refractivity contribution is 5.48. The van der Waals surface area contributed by atoms with Crippen molar-refractivity contribution >= 4 is 0 Å². The first-order chi connectivity index (χ1) is 9.83. The van der Waals surface area contributed by atoms with Crippen LogP contribution in [0.3, 0.4) is 0 Å². The fraction of sp³-hybridized carbons (Fsp3) is 0.294. The largest absolute Gasteiger partial charge is 0.395 e. The molecule has 0 amide bonds. The Morgan fingerprint density at radius 1 is 0.900 bits per heavy atom. The minimum atomic E-state index is -0.306. The van der Waals surface area contributed by atoms with Crippen LogP contribution in [0.2, 0.25) is 0 Å². The van der Waals surface area contributed by atoms with Crippen molar-refractivity contribution in [2.75, 3.05) is 13.2 Å². The second-order valence-corrected chi connectivity index (χ2v) is 5.24. The smallest absolute Gasteiger partial charge is 0.0607 e. The maximum Gasteiger partial charge on any atom is 0.0607 e. The quantitative estimate of drug-likeness (QED) is 0.790. The lowest BCUT2D eigenvalue weighted by Crippen LogP contribution is -2.40. The molecule has 1 aliphatic carbocycles. The van der Waals surface area contributed by atoms with Crippen LogP contribution in [0.25, 0.3) is 0 Å². The molecule has 0 spiro atoms. The van der Waals surface area contributed by atoms with Gasteiger partial charge in [0.25, 0.3) is 0 Å². The highest BCUT2D eigenvalue weighted by atomic mass is 16.3. The fourth-order valence-corrected chi connectivity index (χ4v) is 2.90. The van der Waals surface area contributed by atoms with Crippen LogP contribution in [0.4, 0.5) is 0 Å². The lowest BCUT2D eigenvalue weighted by atomic mass is 9.82. The summed E-state index contributed by atoms with van der Waals surface area (Å²) in [5.74, 6) is 0. The van der Waals surface area contributed by atoms with Gasteiger partial charge in [-0.15, -0.1) is 0 Å². The van der Waals surface area contributed by atoms with Crippen molar-refractivity contribution in [3.8, 4) is 0 Å². The van der Waals surface area contributed by atoms with Gasteiger partial charge in [0.15, 0.2) is 0 Å². The van der Waals surface area contributed by atoms with Crippen LogP contribution in [0.5, 0.6) is 0 Å². The van der Waals surface area contributed by atoms with Crippen molar-refractivity contribution in [2.45, 2.75) is 18.5 Å². The zero-order valence-electron chi connectivity index (χ0n) is 11.3. The molecule has 20 heavy (non-hydrogen) atoms. The van der Waals surface area contributed by atoms with Crippen molar-refractivity contribution in [2.24, 2.45) is 0 Å². The molecule has 0 saturated heterocycles. The van der Waals surface area contributed by atoms with Crippen LogP contribution in [-0.4, -0.2) is 29.5 Å². The molecule has 2 aromatic rings. The van der Waals surface area contributed by atoms with E-state index in [1.165, 1.54) is 22.3 Å². The average molecular weight is 269 g/mol. The summed E-state index contributed by atoms with van der Waals surface area (Å²) in [6.07, 6.45) is 0.938. The molecule has 2 aromatic carbocycles. The van der Waals surface area contributed by atoms with Crippen molar-refractivity contribution in [1.29, 1.82) is 0 Å². The van der Waals surface area contributed by atoms with E-state index >= 15 is 0 Å². The Morgan fingerprint density at radius 2 is 1.40 bits per heavy atom. The Balaban J connectivity index is 2.03. The Labute approximate surface area is 118 Å². The van der Waals surface area contributed by atoms with Crippen LogP contribution in [0.1, 0.15) is 28.3 Å². The summed E-state index contributed by atoms with van der Waals surface area (Å²) in [5, 5.41) is 22.0. The predicted molar refractivity (Wildman–Crippen MR) is 78.6 cm³/mol. The minimum absolute atomic E-state index is 0.0282. The van der Waals surface area contributed by atoms with Gasteiger partial charge in [0.05, 0.1) is 25.3 Å². The molecule has 0 radical (unpaired) electrons. The van der Waals surface area contributed by atoms with Gasteiger partial charge in [-0.2, -0.15) is 0 Å². The second kappa shape index (κ2) is 5.75. The Kier molecular flexibility index (Phi) is 3.83. The topological polar surface area (TPSA) is 52.5 Å². The molecule has 3 N–H and O–H groups in total. The summed E-state index contributed by atoms with van der Waals surface area (Å²) >= 11 is 0. The van der Waals surface area contributed by atoms with E-state index in [0.29, 0.717) is 0 Å². The molecule has 0 aromatic heterocycles. The number of rotatable bonds is 4. The van der Waals surface area contributed by atoms with Gasteiger partial charge in [0.1, 0.15) is 0 Å². The third-order valence-electron chi connectivity index (χ3n) is 3.96. The number of nitrogens with one attached hydrogen (secondary N) is 1. The molecule has 0 heterocycles. The molecule has 1 aliphatic rings. The third kappa shape index (κ3) is 2.36. The number of hydrogen-bond donors (Lipinski definition) is 3. The molecule has 0 unspecified atom stereocenters. The monoisotopic (exact) mass is 269 g/mol. The fourth-order valence-electron chi connectivity index (χ4n) is 2.90. The van der Waals surface area contributed by atoms with Crippen LogP contribution >= 0.6 is 0 Å². The van der Waals surface area contributed by atoms with Crippen molar-refractivity contribution < 1.29 is 10.2 Å². The first-order valence-electron chi connectivity index (χ1n) is 6.97. The zero-order valence-corrected chi connectivity index (χ0v) is 11.3. The summed E-state index contributed by atoms with van der Waals surface area (Å²) in [4.78, 5) is 0. The van der Waals surface area contributed by atoms with E-state index in [9.17, 15) is 10.2 Å². The summed E-state index contributed by atoms with van der Waals surface area (Å²) in [6.45, 7) is -0.144. The van der Waals surface area contributed by atoms with Crippen molar-refractivity contribution in [1.82, 2.24) is 5.32 Å². The van der Waals surface area contributed by atoms with E-state index < -0.39 is 0 Å². The van der Waals surface area contributed by atoms with Gasteiger partial charge in [0, 0.05) is 0 Å². The second-order valence-electron chi connectivity index (χ2n) is 5.24. The first-order valence-corrected chi connectivity index (χ1v) is 6.97. The van der Waals surface area contributed by atoms with Gasteiger partial charge in [-0.25, -0.2) is 0 Å². The minimum Gasteiger partial charge on any atom is -0.395 e. The Hall–Kier alpha value is -1.68. The first kappa shape index (κ1) is 13.3. The number of hydrogen-bond acceptors (Lipinski definition) is 3. The lowest BCUT2D eigenvalue weighted by Gasteiger charge is -2.31. The number of benzene rings is 2. The molecular weight excluding hydrogens is 250 g/mol. The van der Waals surface area contributed by atoms with Gasteiger partial charge in [-0.1, -0.05) is 48.5 Å². The third-order valence-corrected chi connectivity index (χ3v) is 3.96. The summed E-state index contributed by atoms with van der Waals surface area (Å²) < 4.78 is 0. The molecule has 3 rings (SSSR count). The number of fused-ring (bicyclic) bond motifs is 2. The SMILES string of the molecule is OCC(CO)NC1c2ccccc2Cc2ccccc21. The number of aliphatic hydroxyl groups excluding tert-OH is 2. The summed E-state index contributed by atoms with van der Waals surface area (Å²) in [5.41, 5.74) is 5.08. The molecule has 104 valence electrons. The van der Waals surface area contributed by atoms with Gasteiger partial charge in [0.2, 0.25) is 0 Å². The van der Waals surface area contributed by atoms with Gasteiger partial charge in [-0.3, -0.25) is 5.32 Å². The molecule has 3 nitrogen and oxygen atoms in total. The van der Waals surface area contributed by atoms with E-state index in [1.54, 1.807) is 0 Å². The predicted octanol–water partition coefficient (Wildman–Crippen LogP) is 1.62. The Morgan fingerprint density at radius 3 is 1.90 bits per heavy atom. The van der Waals surface area contributed by atoms with Gasteiger partial charge in [-0.05, 0) is 28.7 Å².